The van der Waals surface area contributed by atoms with Gasteiger partial charge in [0.2, 0.25) is 0 Å². The number of hydrogen-bond donors (Lipinski definition) is 2. The Kier molecular flexibility index (Phi) is 5.09. The molecule has 0 bridgehead atoms. The summed E-state index contributed by atoms with van der Waals surface area (Å²) in [6.45, 7) is 2.51. The van der Waals surface area contributed by atoms with Crippen molar-refractivity contribution < 1.29 is 14.3 Å². The van der Waals surface area contributed by atoms with E-state index in [9.17, 15) is 9.18 Å². The van der Waals surface area contributed by atoms with Crippen molar-refractivity contribution >= 4 is 21.9 Å². The van der Waals surface area contributed by atoms with Crippen LogP contribution in [0.15, 0.2) is 46.9 Å². The minimum absolute atomic E-state index is 0.00764. The lowest BCUT2D eigenvalue weighted by molar-refractivity contribution is 0.0697. The summed E-state index contributed by atoms with van der Waals surface area (Å²) in [4.78, 5) is 10.9. The predicted octanol–water partition coefficient (Wildman–Crippen LogP) is 4.14. The topological polar surface area (TPSA) is 49.3 Å². The number of carboxylic acids is 1. The molecule has 0 saturated carbocycles. The van der Waals surface area contributed by atoms with E-state index >= 15 is 0 Å². The quantitative estimate of drug-likeness (QED) is 0.851. The lowest BCUT2D eigenvalue weighted by Gasteiger charge is -2.15. The zero-order chi connectivity index (χ0) is 15.4. The van der Waals surface area contributed by atoms with Crippen LogP contribution in [0.25, 0.3) is 0 Å². The number of rotatable bonds is 5. The second-order valence-electron chi connectivity index (χ2n) is 4.77. The van der Waals surface area contributed by atoms with Gasteiger partial charge in [0.15, 0.2) is 0 Å². The van der Waals surface area contributed by atoms with Crippen LogP contribution in [0.5, 0.6) is 0 Å². The van der Waals surface area contributed by atoms with Gasteiger partial charge in [-0.1, -0.05) is 34.1 Å². The molecule has 2 aromatic carbocycles. The van der Waals surface area contributed by atoms with Crippen molar-refractivity contribution in [2.24, 2.45) is 0 Å². The zero-order valence-corrected chi connectivity index (χ0v) is 13.0. The molecule has 0 aliphatic rings. The summed E-state index contributed by atoms with van der Waals surface area (Å²) >= 11 is 3.37. The van der Waals surface area contributed by atoms with Gasteiger partial charge in [0.1, 0.15) is 5.82 Å². The summed E-state index contributed by atoms with van der Waals surface area (Å²) in [5, 5.41) is 12.2. The number of carbonyl (C=O) groups is 1. The number of aromatic carboxylic acids is 1. The first-order valence-corrected chi connectivity index (χ1v) is 7.27. The van der Waals surface area contributed by atoms with Crippen LogP contribution in [0.1, 0.15) is 34.5 Å². The molecule has 0 aliphatic heterocycles. The van der Waals surface area contributed by atoms with Crippen molar-refractivity contribution in [1.82, 2.24) is 5.32 Å². The molecule has 0 radical (unpaired) electrons. The van der Waals surface area contributed by atoms with Gasteiger partial charge in [0, 0.05) is 17.1 Å². The Morgan fingerprint density at radius 1 is 1.33 bits per heavy atom. The number of nitrogens with one attached hydrogen (secondary N) is 1. The molecule has 2 N–H and O–H groups in total. The minimum atomic E-state index is -0.955. The summed E-state index contributed by atoms with van der Waals surface area (Å²) in [5.74, 6) is -1.21. The lowest BCUT2D eigenvalue weighted by atomic mass is 10.1. The van der Waals surface area contributed by atoms with Gasteiger partial charge in [-0.05, 0) is 42.3 Å². The third kappa shape index (κ3) is 4.12. The average Bonchev–Trinajstić information content (AvgIpc) is 2.45. The van der Waals surface area contributed by atoms with E-state index in [1.54, 1.807) is 24.3 Å². The Bertz CT molecular complexity index is 660. The second kappa shape index (κ2) is 6.83. The van der Waals surface area contributed by atoms with Crippen LogP contribution in [0.3, 0.4) is 0 Å². The first kappa shape index (κ1) is 15.7. The fourth-order valence-corrected chi connectivity index (χ4v) is 2.50. The molecule has 21 heavy (non-hydrogen) atoms. The van der Waals surface area contributed by atoms with Crippen LogP contribution < -0.4 is 5.32 Å². The summed E-state index contributed by atoms with van der Waals surface area (Å²) in [5.41, 5.74) is 2.06. The van der Waals surface area contributed by atoms with Crippen LogP contribution in [0, 0.1) is 5.82 Å². The van der Waals surface area contributed by atoms with Gasteiger partial charge in [-0.2, -0.15) is 0 Å². The highest BCUT2D eigenvalue weighted by molar-refractivity contribution is 9.10. The average molecular weight is 352 g/mol. The Hall–Kier alpha value is -1.72. The predicted molar refractivity (Wildman–Crippen MR) is 82.8 cm³/mol. The SMILES string of the molecule is CC(NCc1ccc(C(=O)O)cc1Br)c1cccc(F)c1. The van der Waals surface area contributed by atoms with E-state index in [1.807, 2.05) is 13.0 Å². The summed E-state index contributed by atoms with van der Waals surface area (Å²) in [6.07, 6.45) is 0. The van der Waals surface area contributed by atoms with Crippen LogP contribution in [-0.2, 0) is 6.54 Å². The van der Waals surface area contributed by atoms with Gasteiger partial charge in [-0.25, -0.2) is 9.18 Å². The molecule has 0 aliphatic carbocycles. The smallest absolute Gasteiger partial charge is 0.335 e. The van der Waals surface area contributed by atoms with Gasteiger partial charge in [0.25, 0.3) is 0 Å². The van der Waals surface area contributed by atoms with Gasteiger partial charge in [0.05, 0.1) is 5.56 Å². The highest BCUT2D eigenvalue weighted by atomic mass is 79.9. The van der Waals surface area contributed by atoms with Crippen LogP contribution in [-0.4, -0.2) is 11.1 Å². The minimum Gasteiger partial charge on any atom is -0.478 e. The maximum Gasteiger partial charge on any atom is 0.335 e. The van der Waals surface area contributed by atoms with Crippen LogP contribution in [0.2, 0.25) is 0 Å². The Morgan fingerprint density at radius 3 is 2.71 bits per heavy atom. The maximum atomic E-state index is 13.2. The largest absolute Gasteiger partial charge is 0.478 e. The van der Waals surface area contributed by atoms with Gasteiger partial charge < -0.3 is 10.4 Å². The molecule has 1 unspecified atom stereocenters. The number of benzene rings is 2. The molecule has 1 atom stereocenters. The number of hydrogen-bond acceptors (Lipinski definition) is 2. The molecular weight excluding hydrogens is 337 g/mol. The third-order valence-corrected chi connectivity index (χ3v) is 3.99. The van der Waals surface area contributed by atoms with Gasteiger partial charge in [-0.3, -0.25) is 0 Å². The van der Waals surface area contributed by atoms with E-state index in [0.29, 0.717) is 6.54 Å². The Labute approximate surface area is 130 Å². The van der Waals surface area contributed by atoms with E-state index in [4.69, 9.17) is 5.11 Å². The number of carboxylic acid groups (broad SMARTS) is 1. The molecule has 5 heteroatoms. The molecular formula is C16H15BrFNO2. The maximum absolute atomic E-state index is 13.2. The summed E-state index contributed by atoms with van der Waals surface area (Å²) < 4.78 is 13.9. The fourth-order valence-electron chi connectivity index (χ4n) is 1.98. The van der Waals surface area contributed by atoms with E-state index in [2.05, 4.69) is 21.2 Å². The molecule has 110 valence electrons. The molecule has 2 rings (SSSR count). The van der Waals surface area contributed by atoms with Crippen molar-refractivity contribution in [3.63, 3.8) is 0 Å². The van der Waals surface area contributed by atoms with Crippen LogP contribution >= 0.6 is 15.9 Å². The third-order valence-electron chi connectivity index (χ3n) is 3.25. The first-order valence-electron chi connectivity index (χ1n) is 6.48. The lowest BCUT2D eigenvalue weighted by Crippen LogP contribution is -2.18. The molecule has 0 heterocycles. The van der Waals surface area contributed by atoms with E-state index in [0.717, 1.165) is 15.6 Å². The van der Waals surface area contributed by atoms with Gasteiger partial charge >= 0.3 is 5.97 Å². The molecule has 2 aromatic rings. The van der Waals surface area contributed by atoms with Crippen molar-refractivity contribution in [2.45, 2.75) is 19.5 Å². The zero-order valence-electron chi connectivity index (χ0n) is 11.4. The molecule has 0 saturated heterocycles. The fraction of sp³-hybridized carbons (Fsp3) is 0.188. The number of halogens is 2. The standard InChI is InChI=1S/C16H15BrFNO2/c1-10(11-3-2-4-14(18)7-11)19-9-13-6-5-12(16(20)21)8-15(13)17/h2-8,10,19H,9H2,1H3,(H,20,21). The monoisotopic (exact) mass is 351 g/mol. The highest BCUT2D eigenvalue weighted by Crippen LogP contribution is 2.20. The molecule has 3 nitrogen and oxygen atoms in total. The second-order valence-corrected chi connectivity index (χ2v) is 5.62. The first-order chi connectivity index (χ1) is 9.97. The molecule has 0 aromatic heterocycles. The molecule has 0 fully saturated rings. The van der Waals surface area contributed by atoms with E-state index in [1.165, 1.54) is 12.1 Å². The van der Waals surface area contributed by atoms with Crippen molar-refractivity contribution in [3.8, 4) is 0 Å². The van der Waals surface area contributed by atoms with Crippen molar-refractivity contribution in [2.75, 3.05) is 0 Å². The molecule has 0 spiro atoms. The highest BCUT2D eigenvalue weighted by Gasteiger charge is 2.09. The Morgan fingerprint density at radius 2 is 2.10 bits per heavy atom. The van der Waals surface area contributed by atoms with E-state index in [-0.39, 0.29) is 17.4 Å². The molecule has 0 amide bonds. The van der Waals surface area contributed by atoms with Crippen molar-refractivity contribution in [3.05, 3.63) is 69.4 Å². The van der Waals surface area contributed by atoms with E-state index < -0.39 is 5.97 Å². The Balaban J connectivity index is 2.04. The normalized spacial score (nSPS) is 12.1. The summed E-state index contributed by atoms with van der Waals surface area (Å²) in [7, 11) is 0. The summed E-state index contributed by atoms with van der Waals surface area (Å²) in [6, 6.07) is 11.4. The van der Waals surface area contributed by atoms with Crippen LogP contribution in [0.4, 0.5) is 4.39 Å². The van der Waals surface area contributed by atoms with Crippen molar-refractivity contribution in [1.29, 1.82) is 0 Å². The van der Waals surface area contributed by atoms with Gasteiger partial charge in [-0.15, -0.1) is 0 Å².